The van der Waals surface area contributed by atoms with Crippen LogP contribution >= 0.6 is 9.24 Å². The average molecular weight is 261 g/mol. The number of hydrogen-bond donors (Lipinski definition) is 1. The first-order valence-electron chi connectivity index (χ1n) is 5.26. The van der Waals surface area contributed by atoms with E-state index in [9.17, 15) is 4.79 Å². The molecule has 0 radical (unpaired) electrons. The molecule has 1 amide bonds. The Labute approximate surface area is 107 Å². The van der Waals surface area contributed by atoms with Gasteiger partial charge in [0.25, 0.3) is 5.91 Å². The molecule has 18 heavy (non-hydrogen) atoms. The Morgan fingerprint density at radius 2 is 2.44 bits per heavy atom. The predicted octanol–water partition coefficient (Wildman–Crippen LogP) is 1.14. The van der Waals surface area contributed by atoms with E-state index in [2.05, 4.69) is 31.1 Å². The van der Waals surface area contributed by atoms with Crippen molar-refractivity contribution in [2.24, 2.45) is 0 Å². The van der Waals surface area contributed by atoms with Crippen molar-refractivity contribution >= 4 is 26.5 Å². The van der Waals surface area contributed by atoms with Crippen LogP contribution in [0.1, 0.15) is 22.1 Å². The van der Waals surface area contributed by atoms with Gasteiger partial charge in [-0.15, -0.1) is 9.24 Å². The van der Waals surface area contributed by atoms with Gasteiger partial charge in [-0.1, -0.05) is 12.6 Å². The molecule has 0 bridgehead atoms. The Bertz CT molecular complexity index is 580. The van der Waals surface area contributed by atoms with E-state index in [4.69, 9.17) is 4.42 Å². The molecular formula is C12H12N3O2P. The first-order chi connectivity index (χ1) is 8.70. The standard InChI is InChI=1S/C12H12N3O2P/c1-2-11-15-9(7-17-11)12(16)14-6-8-10(18)4-3-5-13-8/h2-5,7H,1,6,18H2,(H,14,16). The summed E-state index contributed by atoms with van der Waals surface area (Å²) in [5, 5.41) is 3.67. The summed E-state index contributed by atoms with van der Waals surface area (Å²) >= 11 is 0. The molecule has 1 unspecified atom stereocenters. The molecule has 2 aromatic rings. The average Bonchev–Trinajstić information content (AvgIpc) is 2.86. The van der Waals surface area contributed by atoms with E-state index in [0.717, 1.165) is 11.0 Å². The lowest BCUT2D eigenvalue weighted by Gasteiger charge is -2.04. The molecule has 5 nitrogen and oxygen atoms in total. The number of nitrogens with zero attached hydrogens (tertiary/aromatic N) is 2. The minimum Gasteiger partial charge on any atom is -0.444 e. The van der Waals surface area contributed by atoms with Crippen molar-refractivity contribution in [3.63, 3.8) is 0 Å². The zero-order valence-corrected chi connectivity index (χ0v) is 10.7. The molecule has 0 fully saturated rings. The number of carbonyl (C=O) groups excluding carboxylic acids is 1. The largest absolute Gasteiger partial charge is 0.444 e. The number of oxazole rings is 1. The normalized spacial score (nSPS) is 10.1. The summed E-state index contributed by atoms with van der Waals surface area (Å²) in [6.45, 7) is 3.85. The lowest BCUT2D eigenvalue weighted by molar-refractivity contribution is 0.0945. The van der Waals surface area contributed by atoms with E-state index in [1.165, 1.54) is 12.3 Å². The number of nitrogens with one attached hydrogen (secondary N) is 1. The maximum atomic E-state index is 11.8. The number of aromatic nitrogens is 2. The zero-order chi connectivity index (χ0) is 13.0. The maximum Gasteiger partial charge on any atom is 0.273 e. The highest BCUT2D eigenvalue weighted by Gasteiger charge is 2.11. The summed E-state index contributed by atoms with van der Waals surface area (Å²) in [7, 11) is 2.57. The second-order valence-electron chi connectivity index (χ2n) is 3.50. The van der Waals surface area contributed by atoms with Gasteiger partial charge in [-0.2, -0.15) is 0 Å². The molecule has 0 aliphatic rings. The summed E-state index contributed by atoms with van der Waals surface area (Å²) < 4.78 is 5.00. The molecule has 92 valence electrons. The molecule has 0 aromatic carbocycles. The van der Waals surface area contributed by atoms with Gasteiger partial charge < -0.3 is 9.73 Å². The maximum absolute atomic E-state index is 11.8. The molecule has 0 spiro atoms. The van der Waals surface area contributed by atoms with Gasteiger partial charge in [0.1, 0.15) is 6.26 Å². The molecule has 0 aliphatic carbocycles. The summed E-state index contributed by atoms with van der Waals surface area (Å²) in [5.41, 5.74) is 1.02. The number of amides is 1. The molecule has 2 heterocycles. The van der Waals surface area contributed by atoms with Crippen LogP contribution in [0.4, 0.5) is 0 Å². The highest BCUT2D eigenvalue weighted by molar-refractivity contribution is 7.27. The van der Waals surface area contributed by atoms with Gasteiger partial charge in [-0.25, -0.2) is 4.98 Å². The minimum atomic E-state index is -0.304. The van der Waals surface area contributed by atoms with Crippen molar-refractivity contribution < 1.29 is 9.21 Å². The number of carbonyl (C=O) groups is 1. The molecule has 0 aliphatic heterocycles. The highest BCUT2D eigenvalue weighted by Crippen LogP contribution is 2.03. The predicted molar refractivity (Wildman–Crippen MR) is 71.3 cm³/mol. The van der Waals surface area contributed by atoms with Crippen molar-refractivity contribution in [1.29, 1.82) is 0 Å². The second-order valence-corrected chi connectivity index (χ2v) is 4.12. The first kappa shape index (κ1) is 12.5. The Balaban J connectivity index is 2.00. The third-order valence-electron chi connectivity index (χ3n) is 2.27. The first-order valence-corrected chi connectivity index (χ1v) is 5.84. The van der Waals surface area contributed by atoms with E-state index in [1.807, 2.05) is 12.1 Å². The number of pyridine rings is 1. The monoisotopic (exact) mass is 261 g/mol. The molecule has 0 saturated carbocycles. The summed E-state index contributed by atoms with van der Waals surface area (Å²) in [6, 6.07) is 3.74. The number of rotatable bonds is 4. The minimum absolute atomic E-state index is 0.228. The third kappa shape index (κ3) is 2.81. The van der Waals surface area contributed by atoms with E-state index in [-0.39, 0.29) is 11.6 Å². The van der Waals surface area contributed by atoms with Gasteiger partial charge in [-0.3, -0.25) is 9.78 Å². The quantitative estimate of drug-likeness (QED) is 0.838. The van der Waals surface area contributed by atoms with E-state index < -0.39 is 0 Å². The molecule has 2 aromatic heterocycles. The Kier molecular flexibility index (Phi) is 3.85. The van der Waals surface area contributed by atoms with Crippen LogP contribution in [0.25, 0.3) is 6.08 Å². The van der Waals surface area contributed by atoms with Crippen molar-refractivity contribution in [2.75, 3.05) is 0 Å². The smallest absolute Gasteiger partial charge is 0.273 e. The summed E-state index contributed by atoms with van der Waals surface area (Å²) in [5.74, 6) is 0.0200. The van der Waals surface area contributed by atoms with Crippen LogP contribution in [-0.4, -0.2) is 15.9 Å². The highest BCUT2D eigenvalue weighted by atomic mass is 31.0. The number of hydrogen-bond acceptors (Lipinski definition) is 4. The molecule has 0 saturated heterocycles. The molecule has 1 N–H and O–H groups in total. The lowest BCUT2D eigenvalue weighted by Crippen LogP contribution is -2.25. The molecule has 6 heteroatoms. The van der Waals surface area contributed by atoms with Crippen LogP contribution in [0.15, 0.2) is 35.6 Å². The van der Waals surface area contributed by atoms with Crippen molar-refractivity contribution in [3.05, 3.63) is 48.5 Å². The van der Waals surface area contributed by atoms with Gasteiger partial charge in [0.05, 0.1) is 12.2 Å². The Morgan fingerprint density at radius 3 is 3.11 bits per heavy atom. The third-order valence-corrected chi connectivity index (χ3v) is 2.80. The second kappa shape index (κ2) is 5.56. The van der Waals surface area contributed by atoms with Crippen LogP contribution in [0.5, 0.6) is 0 Å². The van der Waals surface area contributed by atoms with Crippen molar-refractivity contribution in [3.8, 4) is 0 Å². The Hall–Kier alpha value is -2.00. The van der Waals surface area contributed by atoms with Gasteiger partial charge in [0.2, 0.25) is 5.89 Å². The SMILES string of the molecule is C=Cc1nc(C(=O)NCc2ncccc2P)co1. The van der Waals surface area contributed by atoms with Crippen LogP contribution in [0.3, 0.4) is 0 Å². The van der Waals surface area contributed by atoms with Gasteiger partial charge >= 0.3 is 0 Å². The van der Waals surface area contributed by atoms with Gasteiger partial charge in [0.15, 0.2) is 5.69 Å². The van der Waals surface area contributed by atoms with Gasteiger partial charge in [-0.05, 0) is 17.4 Å². The van der Waals surface area contributed by atoms with Crippen LogP contribution in [0, 0.1) is 0 Å². The van der Waals surface area contributed by atoms with E-state index in [0.29, 0.717) is 12.4 Å². The van der Waals surface area contributed by atoms with Crippen LogP contribution in [-0.2, 0) is 6.54 Å². The van der Waals surface area contributed by atoms with E-state index >= 15 is 0 Å². The summed E-state index contributed by atoms with van der Waals surface area (Å²) in [6.07, 6.45) is 4.42. The fourth-order valence-electron chi connectivity index (χ4n) is 1.34. The molecule has 1 atom stereocenters. The van der Waals surface area contributed by atoms with Crippen molar-refractivity contribution in [1.82, 2.24) is 15.3 Å². The summed E-state index contributed by atoms with van der Waals surface area (Å²) in [4.78, 5) is 19.9. The Morgan fingerprint density at radius 1 is 1.61 bits per heavy atom. The van der Waals surface area contributed by atoms with Crippen LogP contribution < -0.4 is 10.6 Å². The van der Waals surface area contributed by atoms with Gasteiger partial charge in [0, 0.05) is 6.20 Å². The molecular weight excluding hydrogens is 249 g/mol. The van der Waals surface area contributed by atoms with Crippen LogP contribution in [0.2, 0.25) is 0 Å². The fraction of sp³-hybridized carbons (Fsp3) is 0.0833. The zero-order valence-electron chi connectivity index (χ0n) is 9.59. The molecule has 2 rings (SSSR count). The van der Waals surface area contributed by atoms with Crippen molar-refractivity contribution in [2.45, 2.75) is 6.54 Å². The fourth-order valence-corrected chi connectivity index (χ4v) is 1.63. The van der Waals surface area contributed by atoms with E-state index in [1.54, 1.807) is 6.20 Å². The topological polar surface area (TPSA) is 68.0 Å². The lowest BCUT2D eigenvalue weighted by atomic mass is 10.3.